The molecule has 0 bridgehead atoms. The molecule has 1 heterocycles. The Bertz CT molecular complexity index is 670. The third-order valence-corrected chi connectivity index (χ3v) is 4.48. The molecule has 2 N–H and O–H groups in total. The van der Waals surface area contributed by atoms with Crippen LogP contribution in [0.1, 0.15) is 25.3 Å². The molecule has 0 aliphatic heterocycles. The Hall–Kier alpha value is -2.08. The summed E-state index contributed by atoms with van der Waals surface area (Å²) in [6.07, 6.45) is 3.11. The summed E-state index contributed by atoms with van der Waals surface area (Å²) in [6, 6.07) is 13.5. The normalized spacial score (nSPS) is 11.1. The van der Waals surface area contributed by atoms with Crippen molar-refractivity contribution >= 4 is 21.5 Å². The van der Waals surface area contributed by atoms with Gasteiger partial charge in [-0.25, -0.2) is 13.4 Å². The molecule has 0 saturated heterocycles. The smallest absolute Gasteiger partial charge is 0.233 e. The molecular formula is C16H21N3O2S. The number of benzene rings is 1. The van der Waals surface area contributed by atoms with Crippen LogP contribution < -0.4 is 10.0 Å². The summed E-state index contributed by atoms with van der Waals surface area (Å²) in [5.41, 5.74) is 2.02. The van der Waals surface area contributed by atoms with Gasteiger partial charge in [0.25, 0.3) is 0 Å². The van der Waals surface area contributed by atoms with E-state index in [-0.39, 0.29) is 5.75 Å². The average Bonchev–Trinajstić information content (AvgIpc) is 2.53. The fourth-order valence-electron chi connectivity index (χ4n) is 1.90. The second-order valence-electron chi connectivity index (χ2n) is 5.05. The maximum Gasteiger partial charge on any atom is 0.233 e. The first-order chi connectivity index (χ1) is 10.6. The number of pyridine rings is 1. The molecule has 5 nitrogen and oxygen atoms in total. The van der Waals surface area contributed by atoms with Gasteiger partial charge in [0, 0.05) is 6.54 Å². The summed E-state index contributed by atoms with van der Waals surface area (Å²) in [6.45, 7) is 2.66. The van der Waals surface area contributed by atoms with E-state index in [4.69, 9.17) is 0 Å². The molecule has 0 aliphatic rings. The lowest BCUT2D eigenvalue weighted by Crippen LogP contribution is -2.17. The van der Waals surface area contributed by atoms with Crippen molar-refractivity contribution in [3.63, 3.8) is 0 Å². The Morgan fingerprint density at radius 3 is 2.50 bits per heavy atom. The number of nitrogens with zero attached hydrogens (tertiary/aromatic N) is 1. The van der Waals surface area contributed by atoms with E-state index in [2.05, 4.69) is 15.0 Å². The summed E-state index contributed by atoms with van der Waals surface area (Å²) in [4.78, 5) is 4.13. The van der Waals surface area contributed by atoms with Crippen LogP contribution in [0.5, 0.6) is 0 Å². The number of hydrogen-bond donors (Lipinski definition) is 2. The highest BCUT2D eigenvalue weighted by Crippen LogP contribution is 2.13. The molecule has 0 atom stereocenters. The second-order valence-corrected chi connectivity index (χ2v) is 6.89. The molecule has 0 unspecified atom stereocenters. The molecule has 2 aromatic rings. The van der Waals surface area contributed by atoms with Gasteiger partial charge in [0.1, 0.15) is 5.82 Å². The molecule has 6 heteroatoms. The van der Waals surface area contributed by atoms with Crippen molar-refractivity contribution in [2.45, 2.75) is 26.3 Å². The predicted molar refractivity (Wildman–Crippen MR) is 90.3 cm³/mol. The molecule has 0 aliphatic carbocycles. The number of sulfonamides is 1. The molecule has 0 radical (unpaired) electrons. The summed E-state index contributed by atoms with van der Waals surface area (Å²) >= 11 is 0. The van der Waals surface area contributed by atoms with E-state index in [1.54, 1.807) is 12.3 Å². The van der Waals surface area contributed by atoms with Gasteiger partial charge in [0.2, 0.25) is 10.0 Å². The van der Waals surface area contributed by atoms with Gasteiger partial charge in [-0.05, 0) is 24.1 Å². The van der Waals surface area contributed by atoms with Gasteiger partial charge in [0.05, 0.1) is 17.6 Å². The molecule has 118 valence electrons. The van der Waals surface area contributed by atoms with Crippen LogP contribution in [0, 0.1) is 0 Å². The third kappa shape index (κ3) is 5.37. The Labute approximate surface area is 131 Å². The summed E-state index contributed by atoms with van der Waals surface area (Å²) in [7, 11) is -3.30. The minimum absolute atomic E-state index is 0.124. The van der Waals surface area contributed by atoms with Gasteiger partial charge in [-0.1, -0.05) is 43.7 Å². The van der Waals surface area contributed by atoms with Crippen LogP contribution in [0.25, 0.3) is 0 Å². The van der Waals surface area contributed by atoms with Crippen molar-refractivity contribution in [3.05, 3.63) is 54.2 Å². The van der Waals surface area contributed by atoms with Crippen molar-refractivity contribution < 1.29 is 8.42 Å². The van der Waals surface area contributed by atoms with E-state index in [1.807, 2.05) is 43.3 Å². The largest absolute Gasteiger partial charge is 0.380 e. The fraction of sp³-hybridized carbons (Fsp3) is 0.312. The van der Waals surface area contributed by atoms with Gasteiger partial charge in [0.15, 0.2) is 0 Å². The van der Waals surface area contributed by atoms with Crippen LogP contribution in [0.3, 0.4) is 0 Å². The number of unbranched alkanes of at least 4 members (excludes halogenated alkanes) is 1. The van der Waals surface area contributed by atoms with Crippen LogP contribution in [0.15, 0.2) is 48.7 Å². The Morgan fingerprint density at radius 1 is 1.09 bits per heavy atom. The van der Waals surface area contributed by atoms with Crippen LogP contribution >= 0.6 is 0 Å². The van der Waals surface area contributed by atoms with E-state index in [1.165, 1.54) is 5.56 Å². The molecule has 0 amide bonds. The lowest BCUT2D eigenvalue weighted by atomic mass is 10.2. The van der Waals surface area contributed by atoms with Gasteiger partial charge in [-0.15, -0.1) is 0 Å². The number of aromatic nitrogens is 1. The maximum absolute atomic E-state index is 11.8. The van der Waals surface area contributed by atoms with Crippen LogP contribution in [0.4, 0.5) is 11.5 Å². The SMILES string of the molecule is CCCCS(=O)(=O)Nc1ccc(NCc2ccccc2)cn1. The van der Waals surface area contributed by atoms with Gasteiger partial charge in [-0.2, -0.15) is 0 Å². The zero-order valence-electron chi connectivity index (χ0n) is 12.6. The summed E-state index contributed by atoms with van der Waals surface area (Å²) in [5, 5.41) is 3.25. The van der Waals surface area contributed by atoms with Crippen LogP contribution in [-0.4, -0.2) is 19.2 Å². The highest BCUT2D eigenvalue weighted by molar-refractivity contribution is 7.92. The molecule has 1 aromatic heterocycles. The zero-order chi connectivity index (χ0) is 15.8. The third-order valence-electron chi connectivity index (χ3n) is 3.13. The summed E-state index contributed by atoms with van der Waals surface area (Å²) < 4.78 is 26.1. The van der Waals surface area contributed by atoms with E-state index in [0.717, 1.165) is 12.1 Å². The van der Waals surface area contributed by atoms with Gasteiger partial charge < -0.3 is 5.32 Å². The van der Waals surface area contributed by atoms with Crippen LogP contribution in [-0.2, 0) is 16.6 Å². The van der Waals surface area contributed by atoms with E-state index < -0.39 is 10.0 Å². The van der Waals surface area contributed by atoms with Crippen molar-refractivity contribution in [2.75, 3.05) is 15.8 Å². The van der Waals surface area contributed by atoms with Crippen molar-refractivity contribution in [1.82, 2.24) is 4.98 Å². The van der Waals surface area contributed by atoms with E-state index in [9.17, 15) is 8.42 Å². The lowest BCUT2D eigenvalue weighted by Gasteiger charge is -2.09. The highest BCUT2D eigenvalue weighted by Gasteiger charge is 2.10. The molecule has 22 heavy (non-hydrogen) atoms. The zero-order valence-corrected chi connectivity index (χ0v) is 13.4. The van der Waals surface area contributed by atoms with Crippen LogP contribution in [0.2, 0.25) is 0 Å². The van der Waals surface area contributed by atoms with Crippen molar-refractivity contribution in [1.29, 1.82) is 0 Å². The van der Waals surface area contributed by atoms with Gasteiger partial charge in [-0.3, -0.25) is 4.72 Å². The van der Waals surface area contributed by atoms with Crippen molar-refractivity contribution in [2.24, 2.45) is 0 Å². The minimum Gasteiger partial charge on any atom is -0.380 e. The Kier molecular flexibility index (Phi) is 5.77. The van der Waals surface area contributed by atoms with E-state index >= 15 is 0 Å². The van der Waals surface area contributed by atoms with Gasteiger partial charge >= 0.3 is 0 Å². The molecular weight excluding hydrogens is 298 g/mol. The number of anilines is 2. The highest BCUT2D eigenvalue weighted by atomic mass is 32.2. The summed E-state index contributed by atoms with van der Waals surface area (Å²) in [5.74, 6) is 0.473. The van der Waals surface area contributed by atoms with Crippen molar-refractivity contribution in [3.8, 4) is 0 Å². The van der Waals surface area contributed by atoms with E-state index in [0.29, 0.717) is 18.8 Å². The second kappa shape index (κ2) is 7.79. The molecule has 0 fully saturated rings. The Balaban J connectivity index is 1.90. The number of rotatable bonds is 8. The molecule has 2 rings (SSSR count). The first-order valence-corrected chi connectivity index (χ1v) is 8.98. The lowest BCUT2D eigenvalue weighted by molar-refractivity contribution is 0.597. The molecule has 0 saturated carbocycles. The molecule has 1 aromatic carbocycles. The predicted octanol–water partition coefficient (Wildman–Crippen LogP) is 3.24. The average molecular weight is 319 g/mol. The first kappa shape index (κ1) is 16.3. The standard InChI is InChI=1S/C16H21N3O2S/c1-2-3-11-22(20,21)19-16-10-9-15(13-18-16)17-12-14-7-5-4-6-8-14/h4-10,13,17H,2-3,11-12H2,1H3,(H,18,19). The maximum atomic E-state index is 11.8. The topological polar surface area (TPSA) is 71.1 Å². The number of nitrogens with one attached hydrogen (secondary N) is 2. The number of hydrogen-bond acceptors (Lipinski definition) is 4. The monoisotopic (exact) mass is 319 g/mol. The fourth-order valence-corrected chi connectivity index (χ4v) is 3.11. The molecule has 0 spiro atoms. The first-order valence-electron chi connectivity index (χ1n) is 7.33. The minimum atomic E-state index is -3.30. The quantitative estimate of drug-likeness (QED) is 0.783. The Morgan fingerprint density at radius 2 is 1.86 bits per heavy atom.